The summed E-state index contributed by atoms with van der Waals surface area (Å²) in [5, 5.41) is 2.41. The van der Waals surface area contributed by atoms with Crippen molar-refractivity contribution in [2.24, 2.45) is 4.99 Å². The number of carbonyl (C=O) groups excluding carboxylic acids is 2. The molecule has 6 heteroatoms. The van der Waals surface area contributed by atoms with Crippen LogP contribution in [0.25, 0.3) is 0 Å². The molecule has 1 N–H and O–H groups in total. The Morgan fingerprint density at radius 3 is 2.32 bits per heavy atom. The minimum absolute atomic E-state index is 0.0949. The summed E-state index contributed by atoms with van der Waals surface area (Å²) in [4.78, 5) is 26.5. The van der Waals surface area contributed by atoms with E-state index in [2.05, 4.69) is 10.3 Å². The average Bonchev–Trinajstić information content (AvgIpc) is 2.39. The van der Waals surface area contributed by atoms with Crippen molar-refractivity contribution in [3.63, 3.8) is 0 Å². The summed E-state index contributed by atoms with van der Waals surface area (Å²) in [5.41, 5.74) is 0.587. The van der Waals surface area contributed by atoms with Crippen LogP contribution in [0.15, 0.2) is 35.3 Å². The third-order valence-corrected chi connectivity index (χ3v) is 2.01. The maximum absolute atomic E-state index is 11.4. The standard InChI is InChI=1S/C13H16N2O4/c1-3-18-12(16)14-11(15-13(17)19-4-2)10-8-6-5-7-9-10/h5-9H,3-4H2,1-2H3,(H,14,15,16,17). The molecular weight excluding hydrogens is 248 g/mol. The highest BCUT2D eigenvalue weighted by atomic mass is 16.6. The molecule has 0 heterocycles. The minimum Gasteiger partial charge on any atom is -0.450 e. The molecule has 1 rings (SSSR count). The number of aliphatic imine (C=N–C) groups is 1. The van der Waals surface area contributed by atoms with Crippen LogP contribution in [-0.2, 0) is 9.47 Å². The molecule has 1 aromatic rings. The second-order valence-electron chi connectivity index (χ2n) is 3.37. The molecule has 1 aromatic carbocycles. The number of hydrogen-bond donors (Lipinski definition) is 1. The molecule has 0 aromatic heterocycles. The number of rotatable bonds is 3. The van der Waals surface area contributed by atoms with Gasteiger partial charge in [-0.3, -0.25) is 5.32 Å². The van der Waals surface area contributed by atoms with Crippen molar-refractivity contribution >= 4 is 18.0 Å². The highest BCUT2D eigenvalue weighted by molar-refractivity contribution is 6.09. The first-order chi connectivity index (χ1) is 9.17. The van der Waals surface area contributed by atoms with Gasteiger partial charge in [-0.15, -0.1) is 0 Å². The fourth-order valence-electron chi connectivity index (χ4n) is 1.27. The third kappa shape index (κ3) is 5.20. The van der Waals surface area contributed by atoms with Crippen LogP contribution in [0.5, 0.6) is 0 Å². The topological polar surface area (TPSA) is 77.0 Å². The van der Waals surface area contributed by atoms with Gasteiger partial charge in [-0.1, -0.05) is 30.3 Å². The predicted octanol–water partition coefficient (Wildman–Crippen LogP) is 2.34. The van der Waals surface area contributed by atoms with Crippen molar-refractivity contribution in [3.8, 4) is 0 Å². The van der Waals surface area contributed by atoms with Gasteiger partial charge in [0.2, 0.25) is 0 Å². The molecular formula is C13H16N2O4. The van der Waals surface area contributed by atoms with E-state index in [4.69, 9.17) is 9.47 Å². The molecule has 0 aliphatic rings. The fourth-order valence-corrected chi connectivity index (χ4v) is 1.27. The maximum Gasteiger partial charge on any atom is 0.435 e. The van der Waals surface area contributed by atoms with Gasteiger partial charge in [0, 0.05) is 5.56 Å². The molecule has 0 saturated carbocycles. The van der Waals surface area contributed by atoms with Gasteiger partial charge in [0.05, 0.1) is 13.2 Å². The Balaban J connectivity index is 2.91. The van der Waals surface area contributed by atoms with E-state index in [0.29, 0.717) is 5.56 Å². The lowest BCUT2D eigenvalue weighted by molar-refractivity contribution is 0.157. The minimum atomic E-state index is -0.766. The number of amidine groups is 1. The number of nitrogens with zero attached hydrogens (tertiary/aromatic N) is 1. The molecule has 0 atom stereocenters. The van der Waals surface area contributed by atoms with Crippen LogP contribution in [0.2, 0.25) is 0 Å². The number of alkyl carbamates (subject to hydrolysis) is 1. The first-order valence-electron chi connectivity index (χ1n) is 5.92. The molecule has 19 heavy (non-hydrogen) atoms. The molecule has 0 aliphatic heterocycles. The molecule has 6 nitrogen and oxygen atoms in total. The Labute approximate surface area is 111 Å². The number of ether oxygens (including phenoxy) is 2. The Kier molecular flexibility index (Phi) is 6.08. The lowest BCUT2D eigenvalue weighted by Gasteiger charge is -2.08. The van der Waals surface area contributed by atoms with Gasteiger partial charge in [0.25, 0.3) is 0 Å². The molecule has 0 unspecified atom stereocenters. The summed E-state index contributed by atoms with van der Waals surface area (Å²) in [6.07, 6.45) is -1.44. The number of amides is 2. The van der Waals surface area contributed by atoms with Crippen molar-refractivity contribution in [3.05, 3.63) is 35.9 Å². The van der Waals surface area contributed by atoms with Gasteiger partial charge in [-0.05, 0) is 13.8 Å². The van der Waals surface area contributed by atoms with E-state index in [1.165, 1.54) is 0 Å². The molecule has 2 amide bonds. The van der Waals surface area contributed by atoms with Gasteiger partial charge >= 0.3 is 12.2 Å². The molecule has 0 spiro atoms. The molecule has 0 fully saturated rings. The predicted molar refractivity (Wildman–Crippen MR) is 70.2 cm³/mol. The normalized spacial score (nSPS) is 10.7. The lowest BCUT2D eigenvalue weighted by atomic mass is 10.2. The van der Waals surface area contributed by atoms with Crippen molar-refractivity contribution in [1.29, 1.82) is 0 Å². The monoisotopic (exact) mass is 264 g/mol. The summed E-state index contributed by atoms with van der Waals surface area (Å²) in [6, 6.07) is 8.77. The second kappa shape index (κ2) is 7.86. The quantitative estimate of drug-likeness (QED) is 0.671. The number of carbonyl (C=O) groups is 2. The van der Waals surface area contributed by atoms with E-state index < -0.39 is 12.2 Å². The summed E-state index contributed by atoms with van der Waals surface area (Å²) in [6.45, 7) is 3.80. The van der Waals surface area contributed by atoms with Crippen LogP contribution < -0.4 is 5.32 Å². The van der Waals surface area contributed by atoms with Gasteiger partial charge in [0.1, 0.15) is 5.84 Å². The lowest BCUT2D eigenvalue weighted by Crippen LogP contribution is -2.32. The Morgan fingerprint density at radius 2 is 1.74 bits per heavy atom. The molecule has 0 radical (unpaired) electrons. The zero-order chi connectivity index (χ0) is 14.1. The van der Waals surface area contributed by atoms with Crippen LogP contribution >= 0.6 is 0 Å². The number of nitrogens with one attached hydrogen (secondary N) is 1. The zero-order valence-electron chi connectivity index (χ0n) is 10.9. The zero-order valence-corrected chi connectivity index (χ0v) is 10.9. The van der Waals surface area contributed by atoms with E-state index >= 15 is 0 Å². The third-order valence-electron chi connectivity index (χ3n) is 2.01. The van der Waals surface area contributed by atoms with Crippen LogP contribution in [0.1, 0.15) is 19.4 Å². The fraction of sp³-hybridized carbons (Fsp3) is 0.308. The summed E-state index contributed by atoms with van der Waals surface area (Å²) in [5.74, 6) is 0.0949. The first kappa shape index (κ1) is 14.7. The van der Waals surface area contributed by atoms with Gasteiger partial charge in [-0.25, -0.2) is 9.59 Å². The smallest absolute Gasteiger partial charge is 0.435 e. The van der Waals surface area contributed by atoms with Crippen molar-refractivity contribution in [1.82, 2.24) is 5.32 Å². The van der Waals surface area contributed by atoms with E-state index in [-0.39, 0.29) is 19.0 Å². The first-order valence-corrected chi connectivity index (χ1v) is 5.92. The largest absolute Gasteiger partial charge is 0.450 e. The summed E-state index contributed by atoms with van der Waals surface area (Å²) in [7, 11) is 0. The number of benzene rings is 1. The molecule has 0 saturated heterocycles. The van der Waals surface area contributed by atoms with Crippen LogP contribution in [-0.4, -0.2) is 31.2 Å². The molecule has 102 valence electrons. The van der Waals surface area contributed by atoms with Crippen LogP contribution in [0.3, 0.4) is 0 Å². The maximum atomic E-state index is 11.4. The van der Waals surface area contributed by atoms with Crippen molar-refractivity contribution < 1.29 is 19.1 Å². The number of hydrogen-bond acceptors (Lipinski definition) is 4. The van der Waals surface area contributed by atoms with Gasteiger partial charge in [0.15, 0.2) is 0 Å². The molecule has 0 bridgehead atoms. The van der Waals surface area contributed by atoms with Crippen LogP contribution in [0.4, 0.5) is 9.59 Å². The average molecular weight is 264 g/mol. The van der Waals surface area contributed by atoms with Crippen LogP contribution in [0, 0.1) is 0 Å². The summed E-state index contributed by atoms with van der Waals surface area (Å²) < 4.78 is 9.47. The van der Waals surface area contributed by atoms with Crippen molar-refractivity contribution in [2.75, 3.05) is 13.2 Å². The van der Waals surface area contributed by atoms with E-state index in [9.17, 15) is 9.59 Å². The van der Waals surface area contributed by atoms with E-state index in [0.717, 1.165) is 0 Å². The summed E-state index contributed by atoms with van der Waals surface area (Å²) >= 11 is 0. The van der Waals surface area contributed by atoms with Gasteiger partial charge < -0.3 is 9.47 Å². The van der Waals surface area contributed by atoms with E-state index in [1.807, 2.05) is 6.07 Å². The highest BCUT2D eigenvalue weighted by Crippen LogP contribution is 2.01. The van der Waals surface area contributed by atoms with Gasteiger partial charge in [-0.2, -0.15) is 4.99 Å². The van der Waals surface area contributed by atoms with E-state index in [1.54, 1.807) is 38.1 Å². The SMILES string of the molecule is CCOC(=O)N=C(NC(=O)OCC)c1ccccc1. The highest BCUT2D eigenvalue weighted by Gasteiger charge is 2.11. The molecule has 0 aliphatic carbocycles. The Bertz CT molecular complexity index is 457. The second-order valence-corrected chi connectivity index (χ2v) is 3.37. The Morgan fingerprint density at radius 1 is 1.11 bits per heavy atom. The van der Waals surface area contributed by atoms with Crippen molar-refractivity contribution in [2.45, 2.75) is 13.8 Å². The Hall–Kier alpha value is -2.37.